The van der Waals surface area contributed by atoms with Gasteiger partial charge in [-0.05, 0) is 48.3 Å². The monoisotopic (exact) mass is 341 g/mol. The van der Waals surface area contributed by atoms with Crippen molar-refractivity contribution in [2.75, 3.05) is 36.8 Å². The molecule has 0 bridgehead atoms. The highest BCUT2D eigenvalue weighted by molar-refractivity contribution is 9.10. The largest absolute Gasteiger partial charge is 0.369 e. The maximum atomic E-state index is 4.36. The number of piperidine rings is 1. The average Bonchev–Trinajstić information content (AvgIpc) is 2.48. The standard InChI is InChI=1S/C14H24BrN5/c1-3-7-16-13-12(15)14(18-10-17-13)19-11-6-5-8-20(4-2)9-11/h10-11H,3-9H2,1-2H3,(H2,16,17,18,19). The minimum atomic E-state index is 0.467. The van der Waals surface area contributed by atoms with E-state index in [0.717, 1.165) is 42.2 Å². The molecule has 0 aliphatic carbocycles. The van der Waals surface area contributed by atoms with Crippen LogP contribution in [0.5, 0.6) is 0 Å². The SMILES string of the molecule is CCCNc1ncnc(NC2CCCN(CC)C2)c1Br. The van der Waals surface area contributed by atoms with Crippen molar-refractivity contribution >= 4 is 27.6 Å². The Hall–Kier alpha value is -0.880. The molecule has 5 nitrogen and oxygen atoms in total. The van der Waals surface area contributed by atoms with Crippen LogP contribution < -0.4 is 10.6 Å². The smallest absolute Gasteiger partial charge is 0.146 e. The van der Waals surface area contributed by atoms with Crippen LogP contribution in [0, 0.1) is 0 Å². The molecule has 1 unspecified atom stereocenters. The average molecular weight is 342 g/mol. The molecule has 0 aromatic carbocycles. The van der Waals surface area contributed by atoms with E-state index in [-0.39, 0.29) is 0 Å². The molecule has 20 heavy (non-hydrogen) atoms. The Morgan fingerprint density at radius 1 is 1.35 bits per heavy atom. The zero-order valence-electron chi connectivity index (χ0n) is 12.3. The number of likely N-dealkylation sites (tertiary alicyclic amines) is 1. The molecule has 112 valence electrons. The predicted octanol–water partition coefficient (Wildman–Crippen LogP) is 2.96. The molecule has 0 spiro atoms. The van der Waals surface area contributed by atoms with Gasteiger partial charge in [-0.25, -0.2) is 9.97 Å². The fourth-order valence-corrected chi connectivity index (χ4v) is 2.95. The summed E-state index contributed by atoms with van der Waals surface area (Å²) in [5.41, 5.74) is 0. The third-order valence-electron chi connectivity index (χ3n) is 3.63. The minimum absolute atomic E-state index is 0.467. The Morgan fingerprint density at radius 2 is 2.15 bits per heavy atom. The van der Waals surface area contributed by atoms with Gasteiger partial charge in [0.2, 0.25) is 0 Å². The molecule has 2 heterocycles. The van der Waals surface area contributed by atoms with Gasteiger partial charge in [0.25, 0.3) is 0 Å². The summed E-state index contributed by atoms with van der Waals surface area (Å²) in [5.74, 6) is 1.76. The van der Waals surface area contributed by atoms with Crippen LogP contribution in [0.3, 0.4) is 0 Å². The van der Waals surface area contributed by atoms with Gasteiger partial charge >= 0.3 is 0 Å². The van der Waals surface area contributed by atoms with Gasteiger partial charge in [0.15, 0.2) is 0 Å². The molecule has 1 aromatic heterocycles. The third-order valence-corrected chi connectivity index (χ3v) is 4.38. The first-order valence-corrected chi connectivity index (χ1v) is 8.27. The molecule has 1 aromatic rings. The van der Waals surface area contributed by atoms with E-state index in [1.165, 1.54) is 19.4 Å². The quantitative estimate of drug-likeness (QED) is 0.833. The molecule has 0 amide bonds. The Kier molecular flexibility index (Phi) is 6.04. The van der Waals surface area contributed by atoms with Crippen molar-refractivity contribution in [1.29, 1.82) is 0 Å². The number of hydrogen-bond donors (Lipinski definition) is 2. The third kappa shape index (κ3) is 4.06. The van der Waals surface area contributed by atoms with Gasteiger partial charge in [-0.2, -0.15) is 0 Å². The van der Waals surface area contributed by atoms with Crippen LogP contribution >= 0.6 is 15.9 Å². The van der Waals surface area contributed by atoms with Crippen molar-refractivity contribution in [2.24, 2.45) is 0 Å². The van der Waals surface area contributed by atoms with Crippen LogP contribution in [0.2, 0.25) is 0 Å². The zero-order chi connectivity index (χ0) is 14.4. The summed E-state index contributed by atoms with van der Waals surface area (Å²) in [5, 5.41) is 6.86. The molecular formula is C14H24BrN5. The molecule has 2 N–H and O–H groups in total. The first kappa shape index (κ1) is 15.5. The molecule has 1 fully saturated rings. The number of hydrogen-bond acceptors (Lipinski definition) is 5. The van der Waals surface area contributed by atoms with Crippen LogP contribution in [-0.2, 0) is 0 Å². The molecule has 1 atom stereocenters. The highest BCUT2D eigenvalue weighted by Crippen LogP contribution is 2.28. The Bertz CT molecular complexity index is 426. The summed E-state index contributed by atoms with van der Waals surface area (Å²) < 4.78 is 0.932. The number of aromatic nitrogens is 2. The maximum absolute atomic E-state index is 4.36. The highest BCUT2D eigenvalue weighted by Gasteiger charge is 2.20. The van der Waals surface area contributed by atoms with Gasteiger partial charge < -0.3 is 15.5 Å². The Balaban J connectivity index is 2.01. The molecule has 1 aliphatic heterocycles. The molecule has 1 aliphatic rings. The number of halogens is 1. The summed E-state index contributed by atoms with van der Waals surface area (Å²) in [4.78, 5) is 11.1. The van der Waals surface area contributed by atoms with E-state index in [4.69, 9.17) is 0 Å². The number of anilines is 2. The van der Waals surface area contributed by atoms with E-state index in [1.807, 2.05) is 0 Å². The maximum Gasteiger partial charge on any atom is 0.146 e. The van der Waals surface area contributed by atoms with E-state index in [0.29, 0.717) is 6.04 Å². The second-order valence-corrected chi connectivity index (χ2v) is 5.98. The number of likely N-dealkylation sites (N-methyl/N-ethyl adjacent to an activating group) is 1. The predicted molar refractivity (Wildman–Crippen MR) is 87.3 cm³/mol. The van der Waals surface area contributed by atoms with Crippen LogP contribution in [-0.4, -0.2) is 47.1 Å². The van der Waals surface area contributed by atoms with Crippen LogP contribution in [0.4, 0.5) is 11.6 Å². The van der Waals surface area contributed by atoms with Crippen molar-refractivity contribution in [3.05, 3.63) is 10.8 Å². The first-order chi connectivity index (χ1) is 9.74. The van der Waals surface area contributed by atoms with E-state index in [1.54, 1.807) is 6.33 Å². The topological polar surface area (TPSA) is 53.1 Å². The van der Waals surface area contributed by atoms with Crippen molar-refractivity contribution < 1.29 is 0 Å². The number of nitrogens with zero attached hydrogens (tertiary/aromatic N) is 3. The normalized spacial score (nSPS) is 19.9. The summed E-state index contributed by atoms with van der Waals surface area (Å²) >= 11 is 3.61. The van der Waals surface area contributed by atoms with Gasteiger partial charge in [0.05, 0.1) is 0 Å². The molecule has 0 radical (unpaired) electrons. The van der Waals surface area contributed by atoms with E-state index >= 15 is 0 Å². The van der Waals surface area contributed by atoms with Crippen LogP contribution in [0.25, 0.3) is 0 Å². The van der Waals surface area contributed by atoms with Gasteiger partial charge in [-0.1, -0.05) is 13.8 Å². The van der Waals surface area contributed by atoms with Gasteiger partial charge in [-0.3, -0.25) is 0 Å². The highest BCUT2D eigenvalue weighted by atomic mass is 79.9. The first-order valence-electron chi connectivity index (χ1n) is 7.47. The fourth-order valence-electron chi connectivity index (χ4n) is 2.49. The molecule has 1 saturated heterocycles. The van der Waals surface area contributed by atoms with Crippen molar-refractivity contribution in [2.45, 2.75) is 39.2 Å². The van der Waals surface area contributed by atoms with E-state index < -0.39 is 0 Å². The van der Waals surface area contributed by atoms with Crippen LogP contribution in [0.15, 0.2) is 10.8 Å². The molecule has 6 heteroatoms. The van der Waals surface area contributed by atoms with E-state index in [9.17, 15) is 0 Å². The lowest BCUT2D eigenvalue weighted by Gasteiger charge is -2.32. The lowest BCUT2D eigenvalue weighted by molar-refractivity contribution is 0.226. The second kappa shape index (κ2) is 7.78. The van der Waals surface area contributed by atoms with Crippen LogP contribution in [0.1, 0.15) is 33.1 Å². The molecule has 2 rings (SSSR count). The van der Waals surface area contributed by atoms with Gasteiger partial charge in [-0.15, -0.1) is 0 Å². The lowest BCUT2D eigenvalue weighted by Crippen LogP contribution is -2.42. The van der Waals surface area contributed by atoms with Gasteiger partial charge in [0, 0.05) is 19.1 Å². The second-order valence-electron chi connectivity index (χ2n) is 5.19. The summed E-state index contributed by atoms with van der Waals surface area (Å²) in [7, 11) is 0. The zero-order valence-corrected chi connectivity index (χ0v) is 13.9. The Morgan fingerprint density at radius 3 is 2.90 bits per heavy atom. The van der Waals surface area contributed by atoms with Crippen molar-refractivity contribution in [3.63, 3.8) is 0 Å². The van der Waals surface area contributed by atoms with Crippen molar-refractivity contribution in [3.8, 4) is 0 Å². The molecular weight excluding hydrogens is 318 g/mol. The summed E-state index contributed by atoms with van der Waals surface area (Å²) in [6.07, 6.45) is 5.14. The molecule has 0 saturated carbocycles. The Labute approximate surface area is 129 Å². The minimum Gasteiger partial charge on any atom is -0.369 e. The van der Waals surface area contributed by atoms with E-state index in [2.05, 4.69) is 55.3 Å². The number of rotatable bonds is 6. The van der Waals surface area contributed by atoms with Crippen molar-refractivity contribution in [1.82, 2.24) is 14.9 Å². The number of nitrogens with one attached hydrogen (secondary N) is 2. The summed E-state index contributed by atoms with van der Waals surface area (Å²) in [6, 6.07) is 0.467. The summed E-state index contributed by atoms with van der Waals surface area (Å²) in [6.45, 7) is 8.69. The van der Waals surface area contributed by atoms with Gasteiger partial charge in [0.1, 0.15) is 22.4 Å². The lowest BCUT2D eigenvalue weighted by atomic mass is 10.1. The fraction of sp³-hybridized carbons (Fsp3) is 0.714.